The van der Waals surface area contributed by atoms with Gasteiger partial charge in [0.1, 0.15) is 5.75 Å². The molecule has 5 heteroatoms. The normalized spacial score (nSPS) is 36.9. The first-order chi connectivity index (χ1) is 14.8. The van der Waals surface area contributed by atoms with E-state index in [2.05, 4.69) is 19.9 Å². The van der Waals surface area contributed by atoms with Gasteiger partial charge >= 0.3 is 0 Å². The first-order valence-corrected chi connectivity index (χ1v) is 13.0. The molecule has 0 spiro atoms. The second-order valence-electron chi connectivity index (χ2n) is 10.1. The number of benzene rings is 2. The lowest BCUT2D eigenvalue weighted by molar-refractivity contribution is -0.0364. The van der Waals surface area contributed by atoms with E-state index in [4.69, 9.17) is 4.74 Å². The summed E-state index contributed by atoms with van der Waals surface area (Å²) >= 11 is 0. The van der Waals surface area contributed by atoms with E-state index in [9.17, 15) is 13.5 Å². The molecule has 0 unspecified atom stereocenters. The SMILES string of the molecule is COc1ccc2c(c1)[C@H](S(=O)(=O)c1ccccc1)[C@@H](C)[C@@H]1[C@@H]2CC[C@]2(C)[C@@H](O)CC[C@@H]12. The van der Waals surface area contributed by atoms with E-state index in [1.54, 1.807) is 31.4 Å². The molecule has 31 heavy (non-hydrogen) atoms. The molecule has 0 amide bonds. The fourth-order valence-electron chi connectivity index (χ4n) is 7.22. The summed E-state index contributed by atoms with van der Waals surface area (Å²) in [6.07, 6.45) is 3.51. The summed E-state index contributed by atoms with van der Waals surface area (Å²) in [5.74, 6) is 1.60. The van der Waals surface area contributed by atoms with Crippen molar-refractivity contribution < 1.29 is 18.3 Å². The van der Waals surface area contributed by atoms with Crippen molar-refractivity contribution in [3.8, 4) is 5.75 Å². The van der Waals surface area contributed by atoms with Gasteiger partial charge in [-0.25, -0.2) is 8.42 Å². The fraction of sp³-hybridized carbons (Fsp3) is 0.538. The summed E-state index contributed by atoms with van der Waals surface area (Å²) in [6, 6.07) is 14.9. The molecule has 2 saturated carbocycles. The summed E-state index contributed by atoms with van der Waals surface area (Å²) in [7, 11) is -1.95. The second-order valence-corrected chi connectivity index (χ2v) is 12.1. The second kappa shape index (κ2) is 7.35. The van der Waals surface area contributed by atoms with Crippen LogP contribution in [-0.4, -0.2) is 26.7 Å². The van der Waals surface area contributed by atoms with Gasteiger partial charge in [0.05, 0.1) is 23.4 Å². The van der Waals surface area contributed by atoms with Gasteiger partial charge < -0.3 is 9.84 Å². The largest absolute Gasteiger partial charge is 0.497 e. The minimum Gasteiger partial charge on any atom is -0.497 e. The molecule has 2 fully saturated rings. The number of hydrogen-bond acceptors (Lipinski definition) is 4. The van der Waals surface area contributed by atoms with Gasteiger partial charge in [-0.15, -0.1) is 0 Å². The lowest BCUT2D eigenvalue weighted by atomic mass is 9.52. The van der Waals surface area contributed by atoms with E-state index < -0.39 is 15.1 Å². The Hall–Kier alpha value is -1.85. The third-order valence-electron chi connectivity index (χ3n) is 8.77. The lowest BCUT2D eigenvalue weighted by Crippen LogP contribution is -2.48. The van der Waals surface area contributed by atoms with Crippen molar-refractivity contribution >= 4 is 9.84 Å². The molecule has 4 nitrogen and oxygen atoms in total. The van der Waals surface area contributed by atoms with Crippen molar-refractivity contribution in [2.45, 2.75) is 61.7 Å². The molecule has 5 rings (SSSR count). The zero-order valence-corrected chi connectivity index (χ0v) is 19.3. The number of aliphatic hydroxyl groups is 1. The molecule has 2 aromatic carbocycles. The molecule has 0 aliphatic heterocycles. The van der Waals surface area contributed by atoms with Gasteiger partial charge in [0.15, 0.2) is 9.84 Å². The molecule has 166 valence electrons. The Balaban J connectivity index is 1.70. The number of sulfone groups is 1. The molecule has 0 saturated heterocycles. The van der Waals surface area contributed by atoms with Crippen LogP contribution in [0.5, 0.6) is 5.75 Å². The number of hydrogen-bond donors (Lipinski definition) is 1. The highest BCUT2D eigenvalue weighted by Gasteiger charge is 2.59. The quantitative estimate of drug-likeness (QED) is 0.719. The van der Waals surface area contributed by atoms with Crippen molar-refractivity contribution in [2.24, 2.45) is 23.2 Å². The van der Waals surface area contributed by atoms with Crippen LogP contribution in [0.2, 0.25) is 0 Å². The van der Waals surface area contributed by atoms with Crippen LogP contribution in [0.1, 0.15) is 61.8 Å². The number of aliphatic hydroxyl groups excluding tert-OH is 1. The first-order valence-electron chi connectivity index (χ1n) is 11.4. The van der Waals surface area contributed by atoms with Crippen LogP contribution < -0.4 is 4.74 Å². The summed E-state index contributed by atoms with van der Waals surface area (Å²) in [4.78, 5) is 0.379. The minimum absolute atomic E-state index is 0.0373. The van der Waals surface area contributed by atoms with Gasteiger partial charge in [-0.1, -0.05) is 38.1 Å². The van der Waals surface area contributed by atoms with E-state index >= 15 is 0 Å². The third-order valence-corrected chi connectivity index (χ3v) is 11.1. The number of ether oxygens (including phenoxy) is 1. The maximum absolute atomic E-state index is 14.0. The van der Waals surface area contributed by atoms with Gasteiger partial charge in [0, 0.05) is 0 Å². The highest BCUT2D eigenvalue weighted by atomic mass is 32.2. The Morgan fingerprint density at radius 2 is 1.77 bits per heavy atom. The molecule has 0 aromatic heterocycles. The molecule has 7 atom stereocenters. The van der Waals surface area contributed by atoms with E-state index in [-0.39, 0.29) is 23.4 Å². The predicted molar refractivity (Wildman–Crippen MR) is 121 cm³/mol. The van der Waals surface area contributed by atoms with Crippen LogP contribution in [0.3, 0.4) is 0 Å². The predicted octanol–water partition coefficient (Wildman–Crippen LogP) is 5.13. The molecule has 0 heterocycles. The Morgan fingerprint density at radius 1 is 1.03 bits per heavy atom. The first kappa shape index (κ1) is 21.0. The standard InChI is InChI=1S/C26H32O4S/c1-16-24-20(13-14-26(2)22(24)11-12-23(26)27)19-10-9-17(30-3)15-21(19)25(16)31(28,29)18-7-5-4-6-8-18/h4-10,15-16,20,22-25,27H,11-14H2,1-3H3/t16-,20+,22-,23-,24+,25+,26-/m0/s1. The number of methoxy groups -OCH3 is 1. The van der Waals surface area contributed by atoms with Crippen molar-refractivity contribution in [1.82, 2.24) is 0 Å². The Morgan fingerprint density at radius 3 is 2.48 bits per heavy atom. The molecule has 0 bridgehead atoms. The minimum atomic E-state index is -3.58. The average Bonchev–Trinajstić information content (AvgIpc) is 3.08. The zero-order valence-electron chi connectivity index (χ0n) is 18.5. The van der Waals surface area contributed by atoms with E-state index in [1.807, 2.05) is 18.2 Å². The van der Waals surface area contributed by atoms with Crippen LogP contribution in [0.4, 0.5) is 0 Å². The molecule has 2 aromatic rings. The Bertz CT molecular complexity index is 1080. The van der Waals surface area contributed by atoms with Gasteiger partial charge in [-0.05, 0) is 90.2 Å². The molecule has 3 aliphatic rings. The third kappa shape index (κ3) is 3.00. The van der Waals surface area contributed by atoms with Crippen molar-refractivity contribution in [3.05, 3.63) is 59.7 Å². The monoisotopic (exact) mass is 440 g/mol. The molecular weight excluding hydrogens is 408 g/mol. The van der Waals surface area contributed by atoms with Crippen molar-refractivity contribution in [2.75, 3.05) is 7.11 Å². The molecule has 1 N–H and O–H groups in total. The average molecular weight is 441 g/mol. The van der Waals surface area contributed by atoms with E-state index in [0.717, 1.165) is 36.8 Å². The maximum Gasteiger partial charge on any atom is 0.185 e. The Kier molecular flexibility index (Phi) is 4.98. The zero-order chi connectivity index (χ0) is 22.0. The van der Waals surface area contributed by atoms with Gasteiger partial charge in [0.25, 0.3) is 0 Å². The molecular formula is C26H32O4S. The summed E-state index contributed by atoms with van der Waals surface area (Å²) < 4.78 is 33.5. The van der Waals surface area contributed by atoms with Gasteiger partial charge in [0.2, 0.25) is 0 Å². The number of fused-ring (bicyclic) bond motifs is 5. The maximum atomic E-state index is 14.0. The topological polar surface area (TPSA) is 63.6 Å². The highest BCUT2D eigenvalue weighted by molar-refractivity contribution is 7.91. The highest BCUT2D eigenvalue weighted by Crippen LogP contribution is 2.65. The van der Waals surface area contributed by atoms with Crippen LogP contribution in [-0.2, 0) is 9.84 Å². The van der Waals surface area contributed by atoms with Crippen molar-refractivity contribution in [1.29, 1.82) is 0 Å². The van der Waals surface area contributed by atoms with Crippen LogP contribution >= 0.6 is 0 Å². The molecule has 3 aliphatic carbocycles. The lowest BCUT2D eigenvalue weighted by Gasteiger charge is -2.54. The van der Waals surface area contributed by atoms with Gasteiger partial charge in [-0.3, -0.25) is 0 Å². The fourth-order valence-corrected chi connectivity index (χ4v) is 9.33. The summed E-state index contributed by atoms with van der Waals surface area (Å²) in [5, 5.41) is 10.2. The number of rotatable bonds is 3. The summed E-state index contributed by atoms with van der Waals surface area (Å²) in [6.45, 7) is 4.35. The summed E-state index contributed by atoms with van der Waals surface area (Å²) in [5.41, 5.74) is 1.96. The van der Waals surface area contributed by atoms with Crippen LogP contribution in [0, 0.1) is 23.2 Å². The van der Waals surface area contributed by atoms with Gasteiger partial charge in [-0.2, -0.15) is 0 Å². The van der Waals surface area contributed by atoms with E-state index in [1.165, 1.54) is 0 Å². The van der Waals surface area contributed by atoms with Crippen molar-refractivity contribution in [3.63, 3.8) is 0 Å². The van der Waals surface area contributed by atoms with Crippen LogP contribution in [0.15, 0.2) is 53.4 Å². The molecule has 0 radical (unpaired) electrons. The van der Waals surface area contributed by atoms with Crippen LogP contribution in [0.25, 0.3) is 0 Å². The Labute approximate surface area is 185 Å². The smallest absolute Gasteiger partial charge is 0.185 e. The van der Waals surface area contributed by atoms with E-state index in [0.29, 0.717) is 22.5 Å².